The summed E-state index contributed by atoms with van der Waals surface area (Å²) in [6.45, 7) is 5.45. The molecular formula is C21H26N2O3. The lowest BCUT2D eigenvalue weighted by Gasteiger charge is -2.11. The normalized spacial score (nSPS) is 12.5. The average Bonchev–Trinajstić information content (AvgIpc) is 3.13. The number of nitrogens with one attached hydrogen (secondary N) is 2. The molecule has 26 heavy (non-hydrogen) atoms. The predicted octanol–water partition coefficient (Wildman–Crippen LogP) is 3.16. The van der Waals surface area contributed by atoms with Gasteiger partial charge in [-0.05, 0) is 42.2 Å². The van der Waals surface area contributed by atoms with Crippen LogP contribution in [-0.2, 0) is 24.4 Å². The van der Waals surface area contributed by atoms with Crippen molar-refractivity contribution in [3.05, 3.63) is 59.2 Å². The number of ether oxygens (including phenoxy) is 2. The van der Waals surface area contributed by atoms with Gasteiger partial charge in [0.1, 0.15) is 0 Å². The Balaban J connectivity index is 1.37. The van der Waals surface area contributed by atoms with Crippen LogP contribution in [0.5, 0.6) is 11.5 Å². The van der Waals surface area contributed by atoms with Gasteiger partial charge in [0, 0.05) is 26.1 Å². The molecule has 0 fully saturated rings. The van der Waals surface area contributed by atoms with Crippen molar-refractivity contribution in [2.45, 2.75) is 39.4 Å². The molecule has 0 atom stereocenters. The van der Waals surface area contributed by atoms with Gasteiger partial charge in [0.05, 0.1) is 13.2 Å². The van der Waals surface area contributed by atoms with E-state index in [1.807, 2.05) is 31.2 Å². The van der Waals surface area contributed by atoms with Crippen molar-refractivity contribution < 1.29 is 14.3 Å². The second-order valence-corrected chi connectivity index (χ2v) is 6.32. The van der Waals surface area contributed by atoms with E-state index in [2.05, 4.69) is 28.8 Å². The van der Waals surface area contributed by atoms with Crippen LogP contribution in [0.3, 0.4) is 0 Å². The zero-order valence-electron chi connectivity index (χ0n) is 15.2. The number of carbonyl (C=O) groups is 1. The van der Waals surface area contributed by atoms with Gasteiger partial charge in [-0.15, -0.1) is 0 Å². The summed E-state index contributed by atoms with van der Waals surface area (Å²) in [6, 6.07) is 14.0. The third-order valence-corrected chi connectivity index (χ3v) is 4.35. The Morgan fingerprint density at radius 3 is 2.65 bits per heavy atom. The summed E-state index contributed by atoms with van der Waals surface area (Å²) in [5.74, 6) is 1.51. The molecule has 3 rings (SSSR count). The van der Waals surface area contributed by atoms with Crippen molar-refractivity contribution in [2.24, 2.45) is 0 Å². The number of hydrogen-bond acceptors (Lipinski definition) is 4. The van der Waals surface area contributed by atoms with Crippen LogP contribution in [-0.4, -0.2) is 19.1 Å². The molecule has 2 aromatic rings. The van der Waals surface area contributed by atoms with Gasteiger partial charge in [-0.3, -0.25) is 4.79 Å². The average molecular weight is 354 g/mol. The molecule has 5 nitrogen and oxygen atoms in total. The van der Waals surface area contributed by atoms with Crippen LogP contribution in [0.15, 0.2) is 42.5 Å². The Kier molecular flexibility index (Phi) is 6.50. The molecule has 1 heterocycles. The van der Waals surface area contributed by atoms with Gasteiger partial charge >= 0.3 is 0 Å². The molecule has 5 heteroatoms. The quantitative estimate of drug-likeness (QED) is 0.679. The van der Waals surface area contributed by atoms with Crippen LogP contribution >= 0.6 is 0 Å². The predicted molar refractivity (Wildman–Crippen MR) is 101 cm³/mol. The number of benzene rings is 2. The first kappa shape index (κ1) is 18.3. The third-order valence-electron chi connectivity index (χ3n) is 4.35. The molecule has 1 aliphatic rings. The standard InChI is InChI=1S/C21H26N2O3/c1-2-25-19-6-3-4-7-20(19)26-11-5-8-21(24)23-13-16-9-10-17-14-22-15-18(17)12-16/h3-4,6-7,9-10,12,22H,2,5,8,11,13-15H2,1H3,(H,23,24). The van der Waals surface area contributed by atoms with Gasteiger partial charge in [-0.25, -0.2) is 0 Å². The largest absolute Gasteiger partial charge is 0.490 e. The maximum Gasteiger partial charge on any atom is 0.220 e. The van der Waals surface area contributed by atoms with Crippen molar-refractivity contribution in [2.75, 3.05) is 13.2 Å². The Labute approximate surface area is 154 Å². The summed E-state index contributed by atoms with van der Waals surface area (Å²) in [5.41, 5.74) is 3.82. The molecule has 0 unspecified atom stereocenters. The molecule has 138 valence electrons. The molecule has 0 aromatic heterocycles. The summed E-state index contributed by atoms with van der Waals surface area (Å²) in [7, 11) is 0. The minimum Gasteiger partial charge on any atom is -0.490 e. The monoisotopic (exact) mass is 354 g/mol. The molecule has 0 spiro atoms. The highest BCUT2D eigenvalue weighted by atomic mass is 16.5. The molecule has 2 N–H and O–H groups in total. The van der Waals surface area contributed by atoms with E-state index in [9.17, 15) is 4.79 Å². The molecule has 0 aliphatic carbocycles. The van der Waals surface area contributed by atoms with Crippen molar-refractivity contribution in [1.82, 2.24) is 10.6 Å². The lowest BCUT2D eigenvalue weighted by Crippen LogP contribution is -2.23. The topological polar surface area (TPSA) is 59.6 Å². The van der Waals surface area contributed by atoms with Crippen LogP contribution in [0, 0.1) is 0 Å². The van der Waals surface area contributed by atoms with Crippen LogP contribution < -0.4 is 20.1 Å². The van der Waals surface area contributed by atoms with Gasteiger partial charge < -0.3 is 20.1 Å². The maximum absolute atomic E-state index is 12.0. The minimum atomic E-state index is 0.0466. The lowest BCUT2D eigenvalue weighted by atomic mass is 10.1. The highest BCUT2D eigenvalue weighted by Gasteiger charge is 2.10. The number of amides is 1. The Hall–Kier alpha value is -2.53. The van der Waals surface area contributed by atoms with E-state index in [0.29, 0.717) is 32.6 Å². The fraction of sp³-hybridized carbons (Fsp3) is 0.381. The summed E-state index contributed by atoms with van der Waals surface area (Å²) in [4.78, 5) is 12.0. The Bertz CT molecular complexity index is 746. The first-order valence-electron chi connectivity index (χ1n) is 9.19. The first-order valence-corrected chi connectivity index (χ1v) is 9.19. The van der Waals surface area contributed by atoms with E-state index >= 15 is 0 Å². The second-order valence-electron chi connectivity index (χ2n) is 6.32. The highest BCUT2D eigenvalue weighted by molar-refractivity contribution is 5.75. The fourth-order valence-corrected chi connectivity index (χ4v) is 3.01. The zero-order chi connectivity index (χ0) is 18.2. The number of rotatable bonds is 9. The molecule has 1 aliphatic heterocycles. The van der Waals surface area contributed by atoms with Crippen LogP contribution in [0.1, 0.15) is 36.5 Å². The van der Waals surface area contributed by atoms with Gasteiger partial charge in [-0.1, -0.05) is 30.3 Å². The molecule has 1 amide bonds. The van der Waals surface area contributed by atoms with E-state index < -0.39 is 0 Å². The molecule has 0 radical (unpaired) electrons. The molecule has 0 saturated heterocycles. The number of para-hydroxylation sites is 2. The summed E-state index contributed by atoms with van der Waals surface area (Å²) < 4.78 is 11.3. The molecular weight excluding hydrogens is 328 g/mol. The lowest BCUT2D eigenvalue weighted by molar-refractivity contribution is -0.121. The SMILES string of the molecule is CCOc1ccccc1OCCCC(=O)NCc1ccc2c(c1)CNC2. The van der Waals surface area contributed by atoms with Gasteiger partial charge in [0.15, 0.2) is 11.5 Å². The van der Waals surface area contributed by atoms with E-state index in [1.165, 1.54) is 11.1 Å². The second kappa shape index (κ2) is 9.25. The van der Waals surface area contributed by atoms with Gasteiger partial charge in [0.2, 0.25) is 5.91 Å². The molecule has 0 bridgehead atoms. The molecule has 0 saturated carbocycles. The third kappa shape index (κ3) is 4.99. The van der Waals surface area contributed by atoms with Crippen LogP contribution in [0.4, 0.5) is 0 Å². The van der Waals surface area contributed by atoms with Crippen LogP contribution in [0.25, 0.3) is 0 Å². The maximum atomic E-state index is 12.0. The van der Waals surface area contributed by atoms with Crippen molar-refractivity contribution in [3.8, 4) is 11.5 Å². The van der Waals surface area contributed by atoms with Gasteiger partial charge in [0.25, 0.3) is 0 Å². The first-order chi connectivity index (χ1) is 12.8. The van der Waals surface area contributed by atoms with E-state index in [4.69, 9.17) is 9.47 Å². The van der Waals surface area contributed by atoms with E-state index in [-0.39, 0.29) is 5.91 Å². The fourth-order valence-electron chi connectivity index (χ4n) is 3.01. The van der Waals surface area contributed by atoms with Crippen LogP contribution in [0.2, 0.25) is 0 Å². The Morgan fingerprint density at radius 2 is 1.85 bits per heavy atom. The summed E-state index contributed by atoms with van der Waals surface area (Å²) >= 11 is 0. The molecule has 2 aromatic carbocycles. The van der Waals surface area contributed by atoms with E-state index in [0.717, 1.165) is 30.2 Å². The summed E-state index contributed by atoms with van der Waals surface area (Å²) in [5, 5.41) is 6.31. The smallest absolute Gasteiger partial charge is 0.220 e. The van der Waals surface area contributed by atoms with E-state index in [1.54, 1.807) is 0 Å². The van der Waals surface area contributed by atoms with Gasteiger partial charge in [-0.2, -0.15) is 0 Å². The Morgan fingerprint density at radius 1 is 1.08 bits per heavy atom. The zero-order valence-corrected chi connectivity index (χ0v) is 15.2. The minimum absolute atomic E-state index is 0.0466. The van der Waals surface area contributed by atoms with Crippen molar-refractivity contribution in [1.29, 1.82) is 0 Å². The number of hydrogen-bond donors (Lipinski definition) is 2. The van der Waals surface area contributed by atoms with Crippen molar-refractivity contribution in [3.63, 3.8) is 0 Å². The van der Waals surface area contributed by atoms with Crippen molar-refractivity contribution >= 4 is 5.91 Å². The highest BCUT2D eigenvalue weighted by Crippen LogP contribution is 2.26. The number of fused-ring (bicyclic) bond motifs is 1. The number of carbonyl (C=O) groups excluding carboxylic acids is 1. The summed E-state index contributed by atoms with van der Waals surface area (Å²) in [6.07, 6.45) is 1.11.